The van der Waals surface area contributed by atoms with Crippen molar-refractivity contribution in [2.75, 3.05) is 13.2 Å². The standard InChI is InChI=1S/C24H26N4O2S/c1-4-30-21(29)15-27-23(22(26-24(27)31)20-12-8-9-13-25-20)19-14-16(2)28(17(19)3)18-10-6-5-7-11-18/h5-14,22-23H,4,15H2,1-3H3,(H,26,31)/t22-,23-/m1/s1. The largest absolute Gasteiger partial charge is 0.465 e. The van der Waals surface area contributed by atoms with Crippen LogP contribution in [0.4, 0.5) is 0 Å². The number of esters is 1. The van der Waals surface area contributed by atoms with Crippen LogP contribution >= 0.6 is 12.2 Å². The fourth-order valence-electron chi connectivity index (χ4n) is 4.32. The lowest BCUT2D eigenvalue weighted by molar-refractivity contribution is -0.143. The normalized spacial score (nSPS) is 18.2. The average Bonchev–Trinajstić information content (AvgIpc) is 3.25. The van der Waals surface area contributed by atoms with Gasteiger partial charge in [-0.2, -0.15) is 0 Å². The van der Waals surface area contributed by atoms with E-state index in [9.17, 15) is 4.79 Å². The molecule has 3 heterocycles. The molecule has 0 bridgehead atoms. The Kier molecular flexibility index (Phi) is 6.04. The van der Waals surface area contributed by atoms with Gasteiger partial charge < -0.3 is 19.5 Å². The molecular weight excluding hydrogens is 408 g/mol. The van der Waals surface area contributed by atoms with Crippen LogP contribution in [0.2, 0.25) is 0 Å². The van der Waals surface area contributed by atoms with E-state index in [2.05, 4.69) is 46.9 Å². The Morgan fingerprint density at radius 3 is 2.58 bits per heavy atom. The Balaban J connectivity index is 1.81. The summed E-state index contributed by atoms with van der Waals surface area (Å²) in [5, 5.41) is 3.92. The third-order valence-corrected chi connectivity index (χ3v) is 5.96. The molecule has 0 unspecified atom stereocenters. The first-order valence-electron chi connectivity index (χ1n) is 10.4. The van der Waals surface area contributed by atoms with E-state index >= 15 is 0 Å². The summed E-state index contributed by atoms with van der Waals surface area (Å²) in [5.41, 5.74) is 5.31. The van der Waals surface area contributed by atoms with E-state index in [4.69, 9.17) is 17.0 Å². The maximum absolute atomic E-state index is 12.4. The number of aryl methyl sites for hydroxylation is 1. The Labute approximate surface area is 187 Å². The molecule has 1 aliphatic heterocycles. The second-order valence-corrected chi connectivity index (χ2v) is 7.94. The van der Waals surface area contributed by atoms with Crippen molar-refractivity contribution in [2.45, 2.75) is 32.9 Å². The molecule has 1 saturated heterocycles. The van der Waals surface area contributed by atoms with Gasteiger partial charge in [0.15, 0.2) is 5.11 Å². The van der Waals surface area contributed by atoms with Crippen LogP contribution in [0.3, 0.4) is 0 Å². The molecule has 0 saturated carbocycles. The minimum Gasteiger partial charge on any atom is -0.465 e. The summed E-state index contributed by atoms with van der Waals surface area (Å²) in [4.78, 5) is 18.9. The highest BCUT2D eigenvalue weighted by Gasteiger charge is 2.42. The number of rotatable bonds is 6. The monoisotopic (exact) mass is 434 g/mol. The predicted octanol–water partition coefficient (Wildman–Crippen LogP) is 4.02. The molecule has 0 radical (unpaired) electrons. The Bertz CT molecular complexity index is 1080. The highest BCUT2D eigenvalue weighted by Crippen LogP contribution is 2.41. The summed E-state index contributed by atoms with van der Waals surface area (Å²) in [6.07, 6.45) is 1.78. The van der Waals surface area contributed by atoms with E-state index in [1.54, 1.807) is 13.1 Å². The predicted molar refractivity (Wildman–Crippen MR) is 124 cm³/mol. The molecule has 1 fully saturated rings. The fourth-order valence-corrected chi connectivity index (χ4v) is 4.63. The van der Waals surface area contributed by atoms with E-state index in [0.717, 1.165) is 28.3 Å². The average molecular weight is 435 g/mol. The molecule has 1 aromatic carbocycles. The molecule has 31 heavy (non-hydrogen) atoms. The SMILES string of the molecule is CCOC(=O)CN1C(=S)N[C@H](c2ccccn2)[C@H]1c1cc(C)n(-c2ccccc2)c1C. The second kappa shape index (κ2) is 8.89. The summed E-state index contributed by atoms with van der Waals surface area (Å²) >= 11 is 5.65. The molecule has 4 rings (SSSR count). The topological polar surface area (TPSA) is 59.4 Å². The zero-order chi connectivity index (χ0) is 22.0. The van der Waals surface area contributed by atoms with Crippen LogP contribution in [0.15, 0.2) is 60.8 Å². The van der Waals surface area contributed by atoms with E-state index in [0.29, 0.717) is 11.7 Å². The number of aromatic nitrogens is 2. The molecule has 0 spiro atoms. The van der Waals surface area contributed by atoms with Crippen molar-refractivity contribution in [3.63, 3.8) is 0 Å². The molecule has 7 heteroatoms. The third-order valence-electron chi connectivity index (χ3n) is 5.61. The number of para-hydroxylation sites is 1. The molecule has 2 aromatic heterocycles. The summed E-state index contributed by atoms with van der Waals surface area (Å²) in [7, 11) is 0. The molecule has 0 aliphatic carbocycles. The van der Waals surface area contributed by atoms with Gasteiger partial charge in [-0.25, -0.2) is 0 Å². The number of pyridine rings is 1. The number of carbonyl (C=O) groups excluding carboxylic acids is 1. The van der Waals surface area contributed by atoms with Crippen LogP contribution < -0.4 is 5.32 Å². The number of nitrogens with zero attached hydrogens (tertiary/aromatic N) is 3. The van der Waals surface area contributed by atoms with Crippen LogP contribution in [0.1, 0.15) is 41.7 Å². The third kappa shape index (κ3) is 4.05. The van der Waals surface area contributed by atoms with E-state index in [1.807, 2.05) is 41.3 Å². The summed E-state index contributed by atoms with van der Waals surface area (Å²) in [5.74, 6) is -0.296. The highest BCUT2D eigenvalue weighted by molar-refractivity contribution is 7.80. The molecule has 2 atom stereocenters. The van der Waals surface area contributed by atoms with Gasteiger partial charge in [0.05, 0.1) is 24.4 Å². The van der Waals surface area contributed by atoms with Crippen LogP contribution in [-0.4, -0.2) is 38.7 Å². The van der Waals surface area contributed by atoms with E-state index in [-0.39, 0.29) is 24.6 Å². The molecule has 3 aromatic rings. The summed E-state index contributed by atoms with van der Waals surface area (Å²) in [6, 6.07) is 17.9. The first-order valence-corrected chi connectivity index (χ1v) is 10.8. The zero-order valence-electron chi connectivity index (χ0n) is 17.9. The van der Waals surface area contributed by atoms with Gasteiger partial charge in [0, 0.05) is 23.3 Å². The first-order chi connectivity index (χ1) is 15.0. The lowest BCUT2D eigenvalue weighted by Gasteiger charge is -2.27. The number of ether oxygens (including phenoxy) is 1. The Morgan fingerprint density at radius 2 is 1.90 bits per heavy atom. The lowest BCUT2D eigenvalue weighted by atomic mass is 9.97. The quantitative estimate of drug-likeness (QED) is 0.467. The van der Waals surface area contributed by atoms with Gasteiger partial charge in [-0.15, -0.1) is 0 Å². The number of thiocarbonyl (C=S) groups is 1. The molecule has 1 aliphatic rings. The molecular formula is C24H26N4O2S. The van der Waals surface area contributed by atoms with Gasteiger partial charge in [0.25, 0.3) is 0 Å². The van der Waals surface area contributed by atoms with Crippen LogP contribution in [0.5, 0.6) is 0 Å². The van der Waals surface area contributed by atoms with Crippen LogP contribution in [0.25, 0.3) is 5.69 Å². The van der Waals surface area contributed by atoms with Crippen LogP contribution in [-0.2, 0) is 9.53 Å². The summed E-state index contributed by atoms with van der Waals surface area (Å²) in [6.45, 7) is 6.43. The van der Waals surface area contributed by atoms with Crippen LogP contribution in [0, 0.1) is 13.8 Å². The van der Waals surface area contributed by atoms with Crippen molar-refractivity contribution >= 4 is 23.3 Å². The van der Waals surface area contributed by atoms with Crippen molar-refractivity contribution in [3.05, 3.63) is 83.4 Å². The fraction of sp³-hybridized carbons (Fsp3) is 0.292. The maximum Gasteiger partial charge on any atom is 0.325 e. The van der Waals surface area contributed by atoms with Crippen molar-refractivity contribution in [2.24, 2.45) is 0 Å². The number of carbonyl (C=O) groups is 1. The second-order valence-electron chi connectivity index (χ2n) is 7.56. The van der Waals surface area contributed by atoms with Gasteiger partial charge in [-0.3, -0.25) is 9.78 Å². The van der Waals surface area contributed by atoms with E-state index < -0.39 is 0 Å². The van der Waals surface area contributed by atoms with Gasteiger partial charge in [-0.1, -0.05) is 24.3 Å². The van der Waals surface area contributed by atoms with Crippen molar-refractivity contribution in [1.82, 2.24) is 19.8 Å². The smallest absolute Gasteiger partial charge is 0.325 e. The Morgan fingerprint density at radius 1 is 1.16 bits per heavy atom. The molecule has 1 N–H and O–H groups in total. The Hall–Kier alpha value is -3.19. The van der Waals surface area contributed by atoms with Crippen molar-refractivity contribution in [3.8, 4) is 5.69 Å². The maximum atomic E-state index is 12.4. The lowest BCUT2D eigenvalue weighted by Crippen LogP contribution is -2.35. The molecule has 160 valence electrons. The summed E-state index contributed by atoms with van der Waals surface area (Å²) < 4.78 is 7.45. The van der Waals surface area contributed by atoms with E-state index in [1.165, 1.54) is 0 Å². The van der Waals surface area contributed by atoms with Crippen molar-refractivity contribution in [1.29, 1.82) is 0 Å². The van der Waals surface area contributed by atoms with Gasteiger partial charge >= 0.3 is 5.97 Å². The van der Waals surface area contributed by atoms with Gasteiger partial charge in [-0.05, 0) is 68.9 Å². The number of hydrogen-bond acceptors (Lipinski definition) is 4. The minimum absolute atomic E-state index is 0.0860. The van der Waals surface area contributed by atoms with Gasteiger partial charge in [0.2, 0.25) is 0 Å². The van der Waals surface area contributed by atoms with Gasteiger partial charge in [0.1, 0.15) is 6.54 Å². The molecule has 6 nitrogen and oxygen atoms in total. The number of hydrogen-bond donors (Lipinski definition) is 1. The minimum atomic E-state index is -0.296. The molecule has 0 amide bonds. The zero-order valence-corrected chi connectivity index (χ0v) is 18.7. The number of nitrogens with one attached hydrogen (secondary N) is 1. The van der Waals surface area contributed by atoms with Crippen molar-refractivity contribution < 1.29 is 9.53 Å². The number of benzene rings is 1. The first kappa shape index (κ1) is 21.1. The highest BCUT2D eigenvalue weighted by atomic mass is 32.1.